The number of fused-ring (bicyclic) bond motifs is 1. The van der Waals surface area contributed by atoms with Gasteiger partial charge in [0, 0.05) is 26.2 Å². The summed E-state index contributed by atoms with van der Waals surface area (Å²) in [6.45, 7) is 4.05. The highest BCUT2D eigenvalue weighted by Gasteiger charge is 2.24. The highest BCUT2D eigenvalue weighted by molar-refractivity contribution is 7.15. The Balaban J connectivity index is 1.18. The van der Waals surface area contributed by atoms with Crippen molar-refractivity contribution in [3.8, 4) is 16.7 Å². The Labute approximate surface area is 206 Å². The first-order valence-electron chi connectivity index (χ1n) is 11.5. The predicted octanol–water partition coefficient (Wildman–Crippen LogP) is 4.20. The Morgan fingerprint density at radius 2 is 2.23 bits per heavy atom. The van der Waals surface area contributed by atoms with E-state index in [1.54, 1.807) is 23.1 Å². The van der Waals surface area contributed by atoms with Crippen LogP contribution in [0.1, 0.15) is 38.9 Å². The quantitative estimate of drug-likeness (QED) is 0.511. The molecule has 2 aliphatic heterocycles. The van der Waals surface area contributed by atoms with Crippen LogP contribution < -0.4 is 20.1 Å². The molecule has 2 aliphatic rings. The minimum atomic E-state index is -0.265. The third-order valence-electron chi connectivity index (χ3n) is 6.09. The number of ether oxygens (including phenoxy) is 2. The summed E-state index contributed by atoms with van der Waals surface area (Å²) in [5.74, 6) is 0.839. The first-order chi connectivity index (χ1) is 17.0. The van der Waals surface area contributed by atoms with Gasteiger partial charge in [-0.2, -0.15) is 0 Å². The summed E-state index contributed by atoms with van der Waals surface area (Å²) in [7, 11) is 0. The number of hydrogen-bond donors (Lipinski definition) is 2. The largest absolute Gasteiger partial charge is 0.485 e. The summed E-state index contributed by atoms with van der Waals surface area (Å²) in [6.07, 6.45) is 2.80. The molecule has 8 nitrogen and oxygen atoms in total. The fourth-order valence-corrected chi connectivity index (χ4v) is 4.93. The van der Waals surface area contributed by atoms with Crippen molar-refractivity contribution in [1.29, 1.82) is 0 Å². The van der Waals surface area contributed by atoms with Crippen molar-refractivity contribution in [2.45, 2.75) is 25.9 Å². The Kier molecular flexibility index (Phi) is 6.54. The lowest BCUT2D eigenvalue weighted by atomic mass is 9.94. The molecule has 35 heavy (non-hydrogen) atoms. The van der Waals surface area contributed by atoms with Crippen molar-refractivity contribution >= 4 is 23.3 Å². The van der Waals surface area contributed by atoms with Gasteiger partial charge >= 0.3 is 6.03 Å². The molecule has 0 radical (unpaired) electrons. The van der Waals surface area contributed by atoms with Crippen LogP contribution in [0.4, 0.5) is 9.18 Å². The molecule has 0 spiro atoms. The molecule has 3 aromatic rings. The van der Waals surface area contributed by atoms with Crippen molar-refractivity contribution in [1.82, 2.24) is 20.5 Å². The van der Waals surface area contributed by atoms with Crippen molar-refractivity contribution < 1.29 is 23.5 Å². The molecular formula is C25H25FN4O4S. The topological polar surface area (TPSA) is 92.8 Å². The molecule has 1 saturated heterocycles. The van der Waals surface area contributed by atoms with Crippen molar-refractivity contribution in [2.75, 3.05) is 26.2 Å². The van der Waals surface area contributed by atoms with E-state index in [-0.39, 0.29) is 23.9 Å². The fourth-order valence-electron chi connectivity index (χ4n) is 4.23. The lowest BCUT2D eigenvalue weighted by molar-refractivity contribution is 0.0954. The van der Waals surface area contributed by atoms with E-state index in [9.17, 15) is 14.0 Å². The van der Waals surface area contributed by atoms with Crippen molar-refractivity contribution in [3.63, 3.8) is 0 Å². The van der Waals surface area contributed by atoms with E-state index in [1.165, 1.54) is 12.3 Å². The second-order valence-electron chi connectivity index (χ2n) is 8.48. The van der Waals surface area contributed by atoms with Crippen LogP contribution in [0.3, 0.4) is 0 Å². The zero-order valence-electron chi connectivity index (χ0n) is 19.2. The molecule has 2 N–H and O–H groups in total. The number of amides is 3. The van der Waals surface area contributed by atoms with Gasteiger partial charge in [0.1, 0.15) is 28.3 Å². The van der Waals surface area contributed by atoms with E-state index < -0.39 is 0 Å². The van der Waals surface area contributed by atoms with Gasteiger partial charge in [0.2, 0.25) is 0 Å². The molecule has 0 saturated carbocycles. The third kappa shape index (κ3) is 5.22. The standard InChI is InChI=1S/C25H25FN4O4S/c1-15-2-4-17(26)13-19(15)21-6-3-16-12-18(5-7-20(16)34-21)33-25-29-14-22(35-25)23(31)27-8-10-30-11-9-28-24(30)32/h2,4-5,7,12-14,21H,3,6,8-11H2,1H3,(H,27,31)(H,28,32). The lowest BCUT2D eigenvalue weighted by Gasteiger charge is -2.27. The normalized spacial score (nSPS) is 16.9. The van der Waals surface area contributed by atoms with Crippen LogP contribution in [-0.4, -0.2) is 48.0 Å². The van der Waals surface area contributed by atoms with Crippen molar-refractivity contribution in [2.24, 2.45) is 0 Å². The molecule has 1 atom stereocenters. The second kappa shape index (κ2) is 9.91. The van der Waals surface area contributed by atoms with Crippen LogP contribution in [0.2, 0.25) is 0 Å². The van der Waals surface area contributed by atoms with Gasteiger partial charge in [-0.25, -0.2) is 14.2 Å². The number of carbonyl (C=O) groups is 2. The number of urea groups is 1. The fraction of sp³-hybridized carbons (Fsp3) is 0.320. The molecule has 10 heteroatoms. The maximum absolute atomic E-state index is 13.7. The Bertz CT molecular complexity index is 1260. The monoisotopic (exact) mass is 496 g/mol. The number of hydrogen-bond acceptors (Lipinski definition) is 6. The van der Waals surface area contributed by atoms with E-state index in [4.69, 9.17) is 9.47 Å². The van der Waals surface area contributed by atoms with Gasteiger partial charge < -0.3 is 25.0 Å². The van der Waals surface area contributed by atoms with Gasteiger partial charge in [-0.05, 0) is 66.8 Å². The summed E-state index contributed by atoms with van der Waals surface area (Å²) >= 11 is 1.15. The summed E-state index contributed by atoms with van der Waals surface area (Å²) < 4.78 is 25.8. The van der Waals surface area contributed by atoms with Crippen LogP contribution in [0.15, 0.2) is 42.6 Å². The first-order valence-corrected chi connectivity index (χ1v) is 12.3. The molecule has 182 valence electrons. The van der Waals surface area contributed by atoms with Gasteiger partial charge in [0.25, 0.3) is 11.1 Å². The molecule has 2 aromatic carbocycles. The second-order valence-corrected chi connectivity index (χ2v) is 9.48. The number of carbonyl (C=O) groups excluding carboxylic acids is 2. The molecule has 1 fully saturated rings. The molecule has 5 rings (SSSR count). The molecule has 1 unspecified atom stereocenters. The number of nitrogens with one attached hydrogen (secondary N) is 2. The number of benzene rings is 2. The van der Waals surface area contributed by atoms with Gasteiger partial charge in [0.15, 0.2) is 0 Å². The smallest absolute Gasteiger partial charge is 0.317 e. The minimum absolute atomic E-state index is 0.109. The highest BCUT2D eigenvalue weighted by Crippen LogP contribution is 2.39. The summed E-state index contributed by atoms with van der Waals surface area (Å²) in [5, 5.41) is 5.89. The van der Waals surface area contributed by atoms with E-state index in [1.807, 2.05) is 19.1 Å². The van der Waals surface area contributed by atoms with Crippen molar-refractivity contribution in [3.05, 3.63) is 70.0 Å². The number of aromatic nitrogens is 1. The maximum Gasteiger partial charge on any atom is 0.317 e. The van der Waals surface area contributed by atoms with E-state index in [2.05, 4.69) is 15.6 Å². The lowest BCUT2D eigenvalue weighted by Crippen LogP contribution is -2.36. The zero-order valence-corrected chi connectivity index (χ0v) is 20.0. The zero-order chi connectivity index (χ0) is 24.4. The first kappa shape index (κ1) is 23.1. The number of rotatable bonds is 7. The minimum Gasteiger partial charge on any atom is -0.485 e. The van der Waals surface area contributed by atoms with Gasteiger partial charge in [-0.15, -0.1) is 0 Å². The molecular weight excluding hydrogens is 471 g/mol. The van der Waals surface area contributed by atoms with E-state index in [0.29, 0.717) is 42.0 Å². The molecule has 3 amide bonds. The van der Waals surface area contributed by atoms with Gasteiger partial charge in [0.05, 0.1) is 6.20 Å². The number of nitrogens with zero attached hydrogens (tertiary/aromatic N) is 2. The number of halogens is 1. The van der Waals surface area contributed by atoms with Gasteiger partial charge in [-0.3, -0.25) is 4.79 Å². The van der Waals surface area contributed by atoms with Crippen LogP contribution in [0.25, 0.3) is 0 Å². The molecule has 3 heterocycles. The van der Waals surface area contributed by atoms with Crippen LogP contribution >= 0.6 is 11.3 Å². The summed E-state index contributed by atoms with van der Waals surface area (Å²) in [4.78, 5) is 30.2. The summed E-state index contributed by atoms with van der Waals surface area (Å²) in [5.41, 5.74) is 2.88. The van der Waals surface area contributed by atoms with E-state index in [0.717, 1.165) is 46.6 Å². The number of thiazole rings is 1. The molecule has 0 bridgehead atoms. The van der Waals surface area contributed by atoms with Crippen LogP contribution in [-0.2, 0) is 6.42 Å². The van der Waals surface area contributed by atoms with Gasteiger partial charge in [-0.1, -0.05) is 17.4 Å². The SMILES string of the molecule is Cc1ccc(F)cc1C1CCc2cc(Oc3ncc(C(=O)NCCN4CCNC4=O)s3)ccc2O1. The number of aryl methyl sites for hydroxylation is 2. The maximum atomic E-state index is 13.7. The summed E-state index contributed by atoms with van der Waals surface area (Å²) in [6, 6.07) is 10.2. The molecule has 0 aliphatic carbocycles. The highest BCUT2D eigenvalue weighted by atomic mass is 32.1. The Hall–Kier alpha value is -3.66. The Morgan fingerprint density at radius 1 is 1.34 bits per heavy atom. The predicted molar refractivity (Wildman–Crippen MR) is 129 cm³/mol. The average molecular weight is 497 g/mol. The van der Waals surface area contributed by atoms with Crippen LogP contribution in [0, 0.1) is 12.7 Å². The molecule has 1 aromatic heterocycles. The average Bonchev–Trinajstić information content (AvgIpc) is 3.49. The Morgan fingerprint density at radius 3 is 3.06 bits per heavy atom. The van der Waals surface area contributed by atoms with Crippen LogP contribution in [0.5, 0.6) is 16.7 Å². The van der Waals surface area contributed by atoms with E-state index >= 15 is 0 Å². The third-order valence-corrected chi connectivity index (χ3v) is 6.97.